The van der Waals surface area contributed by atoms with Crippen molar-refractivity contribution in [2.75, 3.05) is 6.61 Å². The summed E-state index contributed by atoms with van der Waals surface area (Å²) in [7, 11) is 0. The molecule has 0 fully saturated rings. The molecule has 16 heavy (non-hydrogen) atoms. The van der Waals surface area contributed by atoms with Crippen molar-refractivity contribution in [3.63, 3.8) is 0 Å². The molecule has 1 aromatic carbocycles. The van der Waals surface area contributed by atoms with Gasteiger partial charge in [0, 0.05) is 13.3 Å². The normalized spacial score (nSPS) is 13.4. The predicted octanol–water partition coefficient (Wildman–Crippen LogP) is -0.544. The van der Waals surface area contributed by atoms with Crippen LogP contribution in [0.1, 0.15) is 17.5 Å². The van der Waals surface area contributed by atoms with Crippen LogP contribution < -0.4 is 33.3 Å². The largest absolute Gasteiger partial charge is 1.00 e. The lowest BCUT2D eigenvalue weighted by atomic mass is 10.1. The van der Waals surface area contributed by atoms with Crippen molar-refractivity contribution >= 4 is 21.6 Å². The van der Waals surface area contributed by atoms with E-state index in [9.17, 15) is 0 Å². The Morgan fingerprint density at radius 3 is 3.00 bits per heavy atom. The maximum Gasteiger partial charge on any atom is 0.235 e. The van der Waals surface area contributed by atoms with E-state index >= 15 is 0 Å². The number of ether oxygens (including phenoxy) is 1. The molecule has 2 aromatic rings. The molecule has 0 saturated heterocycles. The molecule has 0 N–H and O–H groups in total. The van der Waals surface area contributed by atoms with Crippen LogP contribution in [0.25, 0.3) is 10.2 Å². The Morgan fingerprint density at radius 1 is 1.44 bits per heavy atom. The van der Waals surface area contributed by atoms with E-state index < -0.39 is 0 Å². The Balaban J connectivity index is 0.000000963. The van der Waals surface area contributed by atoms with Gasteiger partial charge in [-0.25, -0.2) is 0 Å². The number of hydrogen-bond donors (Lipinski definition) is 0. The van der Waals surface area contributed by atoms with Gasteiger partial charge in [0.1, 0.15) is 17.0 Å². The Kier molecular flexibility index (Phi) is 3.39. The van der Waals surface area contributed by atoms with Crippen LogP contribution in [0.3, 0.4) is 0 Å². The van der Waals surface area contributed by atoms with Crippen molar-refractivity contribution in [2.45, 2.75) is 26.8 Å². The lowest BCUT2D eigenvalue weighted by molar-refractivity contribution is -0.669. The first-order valence-electron chi connectivity index (χ1n) is 5.39. The molecular weight excluding hydrogens is 333 g/mol. The SMILES string of the molecule is CC[n+]1c(C)sc2ccc3c(c21)CCO3.[I-]. The highest BCUT2D eigenvalue weighted by atomic mass is 127. The van der Waals surface area contributed by atoms with Crippen LogP contribution in [0.5, 0.6) is 5.75 Å². The van der Waals surface area contributed by atoms with E-state index in [4.69, 9.17) is 4.74 Å². The number of thiazole rings is 1. The van der Waals surface area contributed by atoms with Gasteiger partial charge in [0.05, 0.1) is 12.2 Å². The number of aromatic nitrogens is 1. The van der Waals surface area contributed by atoms with E-state index in [-0.39, 0.29) is 24.0 Å². The minimum atomic E-state index is 0. The molecule has 4 heteroatoms. The average molecular weight is 347 g/mol. The van der Waals surface area contributed by atoms with Gasteiger partial charge < -0.3 is 28.7 Å². The Bertz CT molecular complexity index is 535. The highest BCUT2D eigenvalue weighted by molar-refractivity contribution is 7.18. The lowest BCUT2D eigenvalue weighted by Crippen LogP contribution is -3.00. The molecule has 2 nitrogen and oxygen atoms in total. The molecule has 0 radical (unpaired) electrons. The smallest absolute Gasteiger partial charge is 0.235 e. The zero-order valence-corrected chi connectivity index (χ0v) is 12.4. The summed E-state index contributed by atoms with van der Waals surface area (Å²) in [6, 6.07) is 4.30. The summed E-state index contributed by atoms with van der Waals surface area (Å²) in [6.45, 7) is 6.28. The zero-order chi connectivity index (χ0) is 10.4. The van der Waals surface area contributed by atoms with Gasteiger partial charge in [0.2, 0.25) is 10.5 Å². The molecule has 0 aliphatic carbocycles. The summed E-state index contributed by atoms with van der Waals surface area (Å²) in [6.07, 6.45) is 1.06. The Hall–Kier alpha value is -0.360. The highest BCUT2D eigenvalue weighted by Gasteiger charge is 2.25. The third-order valence-corrected chi connectivity index (χ3v) is 4.10. The van der Waals surface area contributed by atoms with Gasteiger partial charge in [-0.3, -0.25) is 0 Å². The first kappa shape index (κ1) is 12.1. The summed E-state index contributed by atoms with van der Waals surface area (Å²) in [5, 5.41) is 1.38. The van der Waals surface area contributed by atoms with Gasteiger partial charge in [-0.2, -0.15) is 4.57 Å². The highest BCUT2D eigenvalue weighted by Crippen LogP contribution is 2.33. The minimum Gasteiger partial charge on any atom is -1.00 e. The molecule has 86 valence electrons. The van der Waals surface area contributed by atoms with Gasteiger partial charge in [0.25, 0.3) is 0 Å². The molecule has 0 spiro atoms. The lowest BCUT2D eigenvalue weighted by Gasteiger charge is -1.97. The number of benzene rings is 1. The van der Waals surface area contributed by atoms with Gasteiger partial charge in [-0.1, -0.05) is 11.3 Å². The van der Waals surface area contributed by atoms with Crippen molar-refractivity contribution in [3.8, 4) is 5.75 Å². The topological polar surface area (TPSA) is 13.1 Å². The van der Waals surface area contributed by atoms with Crippen LogP contribution in [0, 0.1) is 6.92 Å². The Labute approximate surface area is 116 Å². The molecule has 1 aromatic heterocycles. The standard InChI is InChI=1S/C12H14NOS.HI/c1-3-13-8(2)15-11-5-4-10-9(12(11)13)6-7-14-10;/h4-5H,3,6-7H2,1-2H3;1H/q+1;/p-1. The van der Waals surface area contributed by atoms with Crippen LogP contribution in [0.2, 0.25) is 0 Å². The van der Waals surface area contributed by atoms with Crippen molar-refractivity contribution in [2.24, 2.45) is 0 Å². The molecule has 3 rings (SSSR count). The van der Waals surface area contributed by atoms with Gasteiger partial charge in [-0.15, -0.1) is 0 Å². The molecular formula is C12H14INOS. The van der Waals surface area contributed by atoms with Crippen molar-refractivity contribution < 1.29 is 33.3 Å². The first-order chi connectivity index (χ1) is 7.31. The summed E-state index contributed by atoms with van der Waals surface area (Å²) >= 11 is 1.88. The number of aryl methyl sites for hydroxylation is 2. The number of nitrogens with zero attached hydrogens (tertiary/aromatic N) is 1. The van der Waals surface area contributed by atoms with Crippen molar-refractivity contribution in [1.82, 2.24) is 0 Å². The number of fused-ring (bicyclic) bond motifs is 3. The summed E-state index contributed by atoms with van der Waals surface area (Å²) in [4.78, 5) is 0. The average Bonchev–Trinajstić information content (AvgIpc) is 2.78. The predicted molar refractivity (Wildman–Crippen MR) is 61.6 cm³/mol. The fraction of sp³-hybridized carbons (Fsp3) is 0.417. The fourth-order valence-electron chi connectivity index (χ4n) is 2.37. The van der Waals surface area contributed by atoms with Crippen LogP contribution in [-0.2, 0) is 13.0 Å². The minimum absolute atomic E-state index is 0. The van der Waals surface area contributed by atoms with E-state index in [0.717, 1.165) is 25.3 Å². The second-order valence-corrected chi connectivity index (χ2v) is 5.09. The van der Waals surface area contributed by atoms with Gasteiger partial charge in [-0.05, 0) is 19.1 Å². The third-order valence-electron chi connectivity index (χ3n) is 3.04. The zero-order valence-electron chi connectivity index (χ0n) is 9.42. The van der Waals surface area contributed by atoms with Crippen molar-refractivity contribution in [3.05, 3.63) is 22.7 Å². The monoisotopic (exact) mass is 347 g/mol. The van der Waals surface area contributed by atoms with Gasteiger partial charge in [0.15, 0.2) is 0 Å². The van der Waals surface area contributed by atoms with Crippen LogP contribution in [-0.4, -0.2) is 6.61 Å². The maximum absolute atomic E-state index is 5.61. The maximum atomic E-state index is 5.61. The van der Waals surface area contributed by atoms with Crippen LogP contribution in [0.15, 0.2) is 12.1 Å². The van der Waals surface area contributed by atoms with Crippen LogP contribution >= 0.6 is 11.3 Å². The summed E-state index contributed by atoms with van der Waals surface area (Å²) in [5.41, 5.74) is 2.80. The second-order valence-electron chi connectivity index (χ2n) is 3.85. The number of hydrogen-bond acceptors (Lipinski definition) is 2. The fourth-order valence-corrected chi connectivity index (χ4v) is 3.48. The molecule has 0 amide bonds. The molecule has 0 bridgehead atoms. The molecule has 0 saturated carbocycles. The summed E-state index contributed by atoms with van der Waals surface area (Å²) < 4.78 is 9.39. The molecule has 0 atom stereocenters. The quantitative estimate of drug-likeness (QED) is 0.499. The second kappa shape index (κ2) is 4.49. The number of halogens is 1. The first-order valence-corrected chi connectivity index (χ1v) is 6.20. The summed E-state index contributed by atoms with van der Waals surface area (Å²) in [5.74, 6) is 1.09. The molecule has 2 heterocycles. The van der Waals surface area contributed by atoms with Gasteiger partial charge >= 0.3 is 0 Å². The van der Waals surface area contributed by atoms with Crippen LogP contribution in [0.4, 0.5) is 0 Å². The third kappa shape index (κ3) is 1.62. The van der Waals surface area contributed by atoms with E-state index in [2.05, 4.69) is 30.5 Å². The number of rotatable bonds is 1. The molecule has 0 unspecified atom stereocenters. The molecule has 1 aliphatic rings. The Morgan fingerprint density at radius 2 is 2.25 bits per heavy atom. The molecule has 1 aliphatic heterocycles. The van der Waals surface area contributed by atoms with E-state index in [1.165, 1.54) is 20.8 Å². The van der Waals surface area contributed by atoms with Crippen molar-refractivity contribution in [1.29, 1.82) is 0 Å². The van der Waals surface area contributed by atoms with E-state index in [1.54, 1.807) is 0 Å². The van der Waals surface area contributed by atoms with E-state index in [0.29, 0.717) is 0 Å². The van der Waals surface area contributed by atoms with E-state index in [1.807, 2.05) is 11.3 Å².